The molecule has 0 unspecified atom stereocenters. The van der Waals surface area contributed by atoms with Crippen molar-refractivity contribution in [2.45, 2.75) is 27.2 Å². The molecule has 16 heavy (non-hydrogen) atoms. The molecule has 1 aromatic carbocycles. The summed E-state index contributed by atoms with van der Waals surface area (Å²) < 4.78 is 12.8. The van der Waals surface area contributed by atoms with Gasteiger partial charge in [-0.25, -0.2) is 4.39 Å². The van der Waals surface area contributed by atoms with Crippen LogP contribution in [0.2, 0.25) is 0 Å². The van der Waals surface area contributed by atoms with E-state index in [-0.39, 0.29) is 17.0 Å². The summed E-state index contributed by atoms with van der Waals surface area (Å²) in [5.74, 6) is -0.530. The fraction of sp³-hybridized carbons (Fsp3) is 0.417. The van der Waals surface area contributed by atoms with E-state index in [1.54, 1.807) is 0 Å². The largest absolute Gasteiger partial charge is 0.397 e. The molecule has 0 aliphatic carbocycles. The van der Waals surface area contributed by atoms with Gasteiger partial charge >= 0.3 is 0 Å². The lowest BCUT2D eigenvalue weighted by atomic mass is 9.92. The summed E-state index contributed by atoms with van der Waals surface area (Å²) in [4.78, 5) is 11.6. The molecular weight excluding hydrogens is 207 g/mol. The normalized spacial score (nSPS) is 11.2. The fourth-order valence-corrected chi connectivity index (χ4v) is 1.32. The maximum absolute atomic E-state index is 12.8. The molecule has 0 atom stereocenters. The van der Waals surface area contributed by atoms with Crippen molar-refractivity contribution in [3.63, 3.8) is 0 Å². The Kier molecular flexibility index (Phi) is 3.52. The number of hydrogen-bond donors (Lipinski definition) is 2. The number of nitrogen functional groups attached to an aromatic ring is 1. The van der Waals surface area contributed by atoms with Gasteiger partial charge in [0.05, 0.1) is 11.4 Å². The minimum absolute atomic E-state index is 0.0844. The van der Waals surface area contributed by atoms with Gasteiger partial charge in [0.25, 0.3) is 0 Å². The molecule has 0 bridgehead atoms. The van der Waals surface area contributed by atoms with Crippen LogP contribution in [0.1, 0.15) is 27.2 Å². The Hall–Kier alpha value is -1.58. The van der Waals surface area contributed by atoms with Crippen molar-refractivity contribution in [2.24, 2.45) is 5.41 Å². The van der Waals surface area contributed by atoms with Gasteiger partial charge in [0.15, 0.2) is 0 Å². The first-order valence-corrected chi connectivity index (χ1v) is 5.13. The predicted octanol–water partition coefficient (Wildman–Crippen LogP) is 2.78. The number of carbonyl (C=O) groups excluding carboxylic acids is 1. The zero-order valence-corrected chi connectivity index (χ0v) is 9.80. The maximum Gasteiger partial charge on any atom is 0.224 e. The topological polar surface area (TPSA) is 55.1 Å². The second-order valence-electron chi connectivity index (χ2n) is 5.02. The first-order chi connectivity index (χ1) is 7.28. The van der Waals surface area contributed by atoms with Crippen LogP contribution in [0.5, 0.6) is 0 Å². The summed E-state index contributed by atoms with van der Waals surface area (Å²) in [5, 5.41) is 2.66. The molecule has 0 aliphatic rings. The molecule has 0 radical (unpaired) electrons. The van der Waals surface area contributed by atoms with Gasteiger partial charge in [0.2, 0.25) is 5.91 Å². The second-order valence-corrected chi connectivity index (χ2v) is 5.02. The van der Waals surface area contributed by atoms with E-state index in [0.29, 0.717) is 12.1 Å². The Labute approximate surface area is 94.8 Å². The summed E-state index contributed by atoms with van der Waals surface area (Å²) in [6.45, 7) is 5.92. The van der Waals surface area contributed by atoms with E-state index in [4.69, 9.17) is 5.73 Å². The lowest BCUT2D eigenvalue weighted by Crippen LogP contribution is -2.20. The van der Waals surface area contributed by atoms with Crippen molar-refractivity contribution in [1.82, 2.24) is 0 Å². The number of carbonyl (C=O) groups is 1. The highest BCUT2D eigenvalue weighted by molar-refractivity contribution is 5.94. The van der Waals surface area contributed by atoms with Gasteiger partial charge in [-0.2, -0.15) is 0 Å². The lowest BCUT2D eigenvalue weighted by molar-refractivity contribution is -0.117. The third-order valence-corrected chi connectivity index (χ3v) is 1.98. The summed E-state index contributed by atoms with van der Waals surface area (Å²) >= 11 is 0. The summed E-state index contributed by atoms with van der Waals surface area (Å²) in [6, 6.07) is 3.92. The molecule has 1 aromatic rings. The van der Waals surface area contributed by atoms with Crippen LogP contribution in [-0.4, -0.2) is 5.91 Å². The van der Waals surface area contributed by atoms with Crippen LogP contribution in [0.3, 0.4) is 0 Å². The number of amides is 1. The highest BCUT2D eigenvalue weighted by atomic mass is 19.1. The molecule has 0 saturated heterocycles. The lowest BCUT2D eigenvalue weighted by Gasteiger charge is -2.17. The van der Waals surface area contributed by atoms with E-state index in [9.17, 15) is 9.18 Å². The van der Waals surface area contributed by atoms with Crippen molar-refractivity contribution in [1.29, 1.82) is 0 Å². The van der Waals surface area contributed by atoms with Gasteiger partial charge in [-0.05, 0) is 23.6 Å². The molecule has 1 amide bonds. The maximum atomic E-state index is 12.8. The zero-order chi connectivity index (χ0) is 12.3. The monoisotopic (exact) mass is 224 g/mol. The number of anilines is 2. The van der Waals surface area contributed by atoms with Crippen molar-refractivity contribution in [2.75, 3.05) is 11.1 Å². The third-order valence-electron chi connectivity index (χ3n) is 1.98. The highest BCUT2D eigenvalue weighted by Crippen LogP contribution is 2.22. The van der Waals surface area contributed by atoms with E-state index < -0.39 is 5.82 Å². The number of halogens is 1. The molecule has 3 N–H and O–H groups in total. The molecule has 3 nitrogen and oxygen atoms in total. The highest BCUT2D eigenvalue weighted by Gasteiger charge is 2.16. The molecule has 0 fully saturated rings. The van der Waals surface area contributed by atoms with Gasteiger partial charge in [-0.1, -0.05) is 20.8 Å². The Morgan fingerprint density at radius 2 is 2.06 bits per heavy atom. The number of hydrogen-bond acceptors (Lipinski definition) is 2. The van der Waals surface area contributed by atoms with Crippen molar-refractivity contribution < 1.29 is 9.18 Å². The van der Waals surface area contributed by atoms with E-state index in [1.807, 2.05) is 20.8 Å². The molecule has 0 aromatic heterocycles. The fourth-order valence-electron chi connectivity index (χ4n) is 1.32. The van der Waals surface area contributed by atoms with Crippen molar-refractivity contribution in [3.05, 3.63) is 24.0 Å². The first-order valence-electron chi connectivity index (χ1n) is 5.13. The minimum atomic E-state index is -0.411. The van der Waals surface area contributed by atoms with Crippen molar-refractivity contribution >= 4 is 17.3 Å². The van der Waals surface area contributed by atoms with Crippen LogP contribution in [0.15, 0.2) is 18.2 Å². The molecule has 0 spiro atoms. The van der Waals surface area contributed by atoms with Crippen LogP contribution in [0.4, 0.5) is 15.8 Å². The van der Waals surface area contributed by atoms with Crippen molar-refractivity contribution in [3.8, 4) is 0 Å². The van der Waals surface area contributed by atoms with Gasteiger partial charge < -0.3 is 11.1 Å². The number of nitrogens with two attached hydrogens (primary N) is 1. The molecule has 88 valence electrons. The average molecular weight is 224 g/mol. The molecular formula is C12H17FN2O. The molecule has 0 saturated carbocycles. The van der Waals surface area contributed by atoms with E-state index in [2.05, 4.69) is 5.32 Å². The minimum Gasteiger partial charge on any atom is -0.397 e. The standard InChI is InChI=1S/C12H17FN2O/c1-12(2,3)7-11(16)15-10-5-4-8(13)6-9(10)14/h4-6H,7,14H2,1-3H3,(H,15,16). The zero-order valence-electron chi connectivity index (χ0n) is 9.80. The van der Waals surface area contributed by atoms with Crippen LogP contribution >= 0.6 is 0 Å². The molecule has 1 rings (SSSR count). The number of benzene rings is 1. The number of rotatable bonds is 2. The third kappa shape index (κ3) is 3.88. The molecule has 0 aliphatic heterocycles. The SMILES string of the molecule is CC(C)(C)CC(=O)Nc1ccc(F)cc1N. The van der Waals surface area contributed by atoms with Crippen LogP contribution in [0.25, 0.3) is 0 Å². The van der Waals surface area contributed by atoms with Gasteiger partial charge in [0, 0.05) is 6.42 Å². The first kappa shape index (κ1) is 12.5. The Bertz CT molecular complexity index is 396. The Morgan fingerprint density at radius 1 is 1.44 bits per heavy atom. The molecule has 4 heteroatoms. The smallest absolute Gasteiger partial charge is 0.224 e. The summed E-state index contributed by atoms with van der Waals surface area (Å²) in [6.07, 6.45) is 0.393. The predicted molar refractivity (Wildman–Crippen MR) is 63.5 cm³/mol. The Balaban J connectivity index is 2.70. The quantitative estimate of drug-likeness (QED) is 0.759. The average Bonchev–Trinajstić information content (AvgIpc) is 2.06. The van der Waals surface area contributed by atoms with Crippen LogP contribution in [0, 0.1) is 11.2 Å². The number of nitrogens with one attached hydrogen (secondary N) is 1. The van der Waals surface area contributed by atoms with Gasteiger partial charge in [-0.15, -0.1) is 0 Å². The van der Waals surface area contributed by atoms with Gasteiger partial charge in [-0.3, -0.25) is 4.79 Å². The van der Waals surface area contributed by atoms with Crippen LogP contribution in [-0.2, 0) is 4.79 Å². The van der Waals surface area contributed by atoms with E-state index >= 15 is 0 Å². The summed E-state index contributed by atoms with van der Waals surface area (Å²) in [7, 11) is 0. The second kappa shape index (κ2) is 4.51. The summed E-state index contributed by atoms with van der Waals surface area (Å²) in [5.41, 5.74) is 6.19. The molecule has 0 heterocycles. The van der Waals surface area contributed by atoms with E-state index in [0.717, 1.165) is 0 Å². The van der Waals surface area contributed by atoms with E-state index in [1.165, 1.54) is 18.2 Å². The van der Waals surface area contributed by atoms with Crippen LogP contribution < -0.4 is 11.1 Å². The Morgan fingerprint density at radius 3 is 2.56 bits per heavy atom. The van der Waals surface area contributed by atoms with Gasteiger partial charge in [0.1, 0.15) is 5.82 Å².